The first-order valence-corrected chi connectivity index (χ1v) is 9.04. The lowest BCUT2D eigenvalue weighted by Crippen LogP contribution is -2.45. The van der Waals surface area contributed by atoms with E-state index in [-0.39, 0.29) is 36.8 Å². The van der Waals surface area contributed by atoms with E-state index in [1.54, 1.807) is 6.20 Å². The Morgan fingerprint density at radius 1 is 1.12 bits per heavy atom. The predicted molar refractivity (Wildman–Crippen MR) is 97.8 cm³/mol. The van der Waals surface area contributed by atoms with Gasteiger partial charge in [0.2, 0.25) is 5.91 Å². The molecule has 1 saturated carbocycles. The van der Waals surface area contributed by atoms with Gasteiger partial charge in [0.15, 0.2) is 0 Å². The van der Waals surface area contributed by atoms with E-state index in [0.29, 0.717) is 11.6 Å². The van der Waals surface area contributed by atoms with Gasteiger partial charge in [-0.05, 0) is 32.2 Å². The fourth-order valence-electron chi connectivity index (χ4n) is 3.48. The molecule has 8 heteroatoms. The number of nitrogens with zero attached hydrogens (tertiary/aromatic N) is 2. The molecule has 1 saturated heterocycles. The maximum absolute atomic E-state index is 12.2. The Morgan fingerprint density at radius 2 is 1.88 bits per heavy atom. The average molecular weight is 370 g/mol. The van der Waals surface area contributed by atoms with Crippen molar-refractivity contribution in [2.75, 3.05) is 13.1 Å². The zero-order valence-electron chi connectivity index (χ0n) is 14.5. The summed E-state index contributed by atoms with van der Waals surface area (Å²) < 4.78 is 1.53. The Morgan fingerprint density at radius 3 is 2.60 bits per heavy atom. The van der Waals surface area contributed by atoms with E-state index in [1.807, 2.05) is 0 Å². The highest BCUT2D eigenvalue weighted by molar-refractivity contribution is 5.94. The molecule has 7 nitrogen and oxygen atoms in total. The molecule has 3 rings (SSSR count). The summed E-state index contributed by atoms with van der Waals surface area (Å²) in [6, 6.07) is 0.465. The maximum Gasteiger partial charge on any atom is 0.254 e. The molecule has 1 aromatic heterocycles. The summed E-state index contributed by atoms with van der Waals surface area (Å²) in [5, 5.41) is 13.5. The minimum Gasteiger partial charge on any atom is -0.352 e. The number of hydrogen-bond donors (Lipinski definition) is 3. The fraction of sp³-hybridized carbons (Fsp3) is 0.706. The molecule has 1 aliphatic heterocycles. The van der Waals surface area contributed by atoms with Crippen molar-refractivity contribution in [2.45, 2.75) is 63.6 Å². The minimum atomic E-state index is -0.123. The summed E-state index contributed by atoms with van der Waals surface area (Å²) in [7, 11) is 0. The second kappa shape index (κ2) is 9.77. The first-order valence-electron chi connectivity index (χ1n) is 9.04. The molecule has 2 amide bonds. The molecule has 1 aliphatic carbocycles. The van der Waals surface area contributed by atoms with Crippen molar-refractivity contribution < 1.29 is 9.59 Å². The molecule has 2 fully saturated rings. The third kappa shape index (κ3) is 6.01. The first kappa shape index (κ1) is 19.7. The van der Waals surface area contributed by atoms with Crippen LogP contribution in [0.5, 0.6) is 0 Å². The van der Waals surface area contributed by atoms with Gasteiger partial charge in [-0.1, -0.05) is 19.3 Å². The van der Waals surface area contributed by atoms with Crippen LogP contribution in [0.15, 0.2) is 12.4 Å². The quantitative estimate of drug-likeness (QED) is 0.728. The number of nitrogens with one attached hydrogen (secondary N) is 3. The lowest BCUT2D eigenvalue weighted by atomic mass is 9.95. The summed E-state index contributed by atoms with van der Waals surface area (Å²) in [4.78, 5) is 24.3. The lowest BCUT2D eigenvalue weighted by Gasteiger charge is -2.23. The van der Waals surface area contributed by atoms with Crippen molar-refractivity contribution in [3.8, 4) is 0 Å². The van der Waals surface area contributed by atoms with E-state index in [1.165, 1.54) is 30.1 Å². The summed E-state index contributed by atoms with van der Waals surface area (Å²) in [6.07, 6.45) is 11.0. The van der Waals surface area contributed by atoms with Crippen LogP contribution in [0, 0.1) is 0 Å². The van der Waals surface area contributed by atoms with Crippen LogP contribution in [-0.4, -0.2) is 46.8 Å². The molecule has 0 radical (unpaired) electrons. The number of aromatic nitrogens is 2. The Kier molecular flexibility index (Phi) is 7.71. The Labute approximate surface area is 154 Å². The highest BCUT2D eigenvalue weighted by atomic mass is 35.5. The van der Waals surface area contributed by atoms with Crippen molar-refractivity contribution in [1.29, 1.82) is 0 Å². The van der Waals surface area contributed by atoms with E-state index >= 15 is 0 Å². The fourth-order valence-corrected chi connectivity index (χ4v) is 3.48. The third-order valence-corrected chi connectivity index (χ3v) is 4.80. The van der Waals surface area contributed by atoms with Crippen molar-refractivity contribution in [3.05, 3.63) is 18.0 Å². The van der Waals surface area contributed by atoms with Gasteiger partial charge in [-0.2, -0.15) is 5.10 Å². The lowest BCUT2D eigenvalue weighted by molar-refractivity contribution is -0.122. The zero-order valence-corrected chi connectivity index (χ0v) is 15.3. The van der Waals surface area contributed by atoms with Crippen molar-refractivity contribution in [2.24, 2.45) is 0 Å². The minimum absolute atomic E-state index is 0. The monoisotopic (exact) mass is 369 g/mol. The van der Waals surface area contributed by atoms with Crippen LogP contribution in [0.3, 0.4) is 0 Å². The molecule has 0 spiro atoms. The van der Waals surface area contributed by atoms with Crippen LogP contribution in [-0.2, 0) is 11.3 Å². The number of halogens is 1. The standard InChI is InChI=1S/C17H27N5O2.ClH/c23-16(20-14-5-2-1-3-6-14)12-22-11-13(9-19-22)17(24)21-15-7-4-8-18-10-15;/h9,11,14-15,18H,1-8,10,12H2,(H,20,23)(H,21,24);1H/t15-;/m0./s1. The number of carbonyl (C=O) groups excluding carboxylic acids is 2. The highest BCUT2D eigenvalue weighted by Crippen LogP contribution is 2.17. The molecule has 2 aliphatic rings. The first-order chi connectivity index (χ1) is 11.7. The summed E-state index contributed by atoms with van der Waals surface area (Å²) in [6.45, 7) is 1.98. The molecule has 1 aromatic rings. The van der Waals surface area contributed by atoms with E-state index in [2.05, 4.69) is 21.0 Å². The third-order valence-electron chi connectivity index (χ3n) is 4.80. The molecule has 0 bridgehead atoms. The summed E-state index contributed by atoms with van der Waals surface area (Å²) in [5.74, 6) is -0.156. The van der Waals surface area contributed by atoms with Crippen molar-refractivity contribution >= 4 is 24.2 Å². The predicted octanol–water partition coefficient (Wildman–Crippen LogP) is 1.24. The van der Waals surface area contributed by atoms with E-state index in [9.17, 15) is 9.59 Å². The SMILES string of the molecule is Cl.O=C(Cn1cc(C(=O)N[C@H]2CCCNC2)cn1)NC1CCCCC1. The number of piperidine rings is 1. The second-order valence-electron chi connectivity index (χ2n) is 6.85. The van der Waals surface area contributed by atoms with Crippen molar-refractivity contribution in [3.63, 3.8) is 0 Å². The van der Waals surface area contributed by atoms with Gasteiger partial charge in [0, 0.05) is 24.8 Å². The van der Waals surface area contributed by atoms with Crippen LogP contribution in [0.1, 0.15) is 55.3 Å². The molecule has 3 N–H and O–H groups in total. The number of hydrogen-bond acceptors (Lipinski definition) is 4. The molecule has 0 aromatic carbocycles. The van der Waals surface area contributed by atoms with Gasteiger partial charge >= 0.3 is 0 Å². The molecule has 1 atom stereocenters. The zero-order chi connectivity index (χ0) is 16.8. The van der Waals surface area contributed by atoms with Gasteiger partial charge < -0.3 is 16.0 Å². The van der Waals surface area contributed by atoms with E-state index in [0.717, 1.165) is 38.8 Å². The molecular weight excluding hydrogens is 342 g/mol. The number of rotatable bonds is 5. The average Bonchev–Trinajstić information content (AvgIpc) is 3.05. The maximum atomic E-state index is 12.2. The molecule has 140 valence electrons. The van der Waals surface area contributed by atoms with Gasteiger partial charge in [-0.3, -0.25) is 14.3 Å². The van der Waals surface area contributed by atoms with Crippen LogP contribution < -0.4 is 16.0 Å². The van der Waals surface area contributed by atoms with E-state index in [4.69, 9.17) is 0 Å². The van der Waals surface area contributed by atoms with Crippen LogP contribution >= 0.6 is 12.4 Å². The van der Waals surface area contributed by atoms with Crippen molar-refractivity contribution in [1.82, 2.24) is 25.7 Å². The van der Waals surface area contributed by atoms with Gasteiger partial charge in [-0.25, -0.2) is 0 Å². The molecular formula is C17H28ClN5O2. The summed E-state index contributed by atoms with van der Waals surface area (Å²) >= 11 is 0. The van der Waals surface area contributed by atoms with Gasteiger partial charge in [0.05, 0.1) is 11.8 Å². The topological polar surface area (TPSA) is 88.1 Å². The second-order valence-corrected chi connectivity index (χ2v) is 6.85. The van der Waals surface area contributed by atoms with Crippen LogP contribution in [0.2, 0.25) is 0 Å². The smallest absolute Gasteiger partial charge is 0.254 e. The molecule has 25 heavy (non-hydrogen) atoms. The Hall–Kier alpha value is -1.60. The van der Waals surface area contributed by atoms with Crippen LogP contribution in [0.4, 0.5) is 0 Å². The number of amides is 2. The highest BCUT2D eigenvalue weighted by Gasteiger charge is 2.19. The molecule has 2 heterocycles. The normalized spacial score (nSPS) is 21.2. The number of carbonyl (C=O) groups is 2. The Balaban J connectivity index is 0.00000225. The van der Waals surface area contributed by atoms with Gasteiger partial charge in [0.25, 0.3) is 5.91 Å². The largest absolute Gasteiger partial charge is 0.352 e. The van der Waals surface area contributed by atoms with Crippen LogP contribution in [0.25, 0.3) is 0 Å². The molecule has 0 unspecified atom stereocenters. The van der Waals surface area contributed by atoms with Gasteiger partial charge in [-0.15, -0.1) is 12.4 Å². The Bertz CT molecular complexity index is 565. The van der Waals surface area contributed by atoms with E-state index < -0.39 is 0 Å². The van der Waals surface area contributed by atoms with Gasteiger partial charge in [0.1, 0.15) is 6.54 Å². The summed E-state index contributed by atoms with van der Waals surface area (Å²) in [5.41, 5.74) is 0.506.